The van der Waals surface area contributed by atoms with E-state index in [1.165, 1.54) is 23.1 Å². The minimum Gasteiger partial charge on any atom is -0.492 e. The van der Waals surface area contributed by atoms with E-state index >= 15 is 0 Å². The van der Waals surface area contributed by atoms with Gasteiger partial charge in [0.05, 0.1) is 7.11 Å². The van der Waals surface area contributed by atoms with Gasteiger partial charge in [-0.05, 0) is 26.8 Å². The lowest BCUT2D eigenvalue weighted by Crippen LogP contribution is -2.12. The van der Waals surface area contributed by atoms with Crippen LogP contribution in [-0.4, -0.2) is 32.4 Å². The monoisotopic (exact) mass is 289 g/mol. The third kappa shape index (κ3) is 1.92. The predicted molar refractivity (Wildman–Crippen MR) is 80.8 cm³/mol. The second-order valence-electron chi connectivity index (χ2n) is 6.52. The first-order valence-electron chi connectivity index (χ1n) is 7.98. The topological polar surface area (TPSA) is 39.7 Å². The maximum atomic E-state index is 6.19. The molecule has 3 unspecified atom stereocenters. The van der Waals surface area contributed by atoms with Crippen LogP contribution in [0.1, 0.15) is 42.9 Å². The molecule has 1 saturated heterocycles. The van der Waals surface area contributed by atoms with Crippen molar-refractivity contribution in [2.75, 3.05) is 20.2 Å². The molecule has 0 aliphatic carbocycles. The van der Waals surface area contributed by atoms with Crippen molar-refractivity contribution in [1.82, 2.24) is 5.32 Å². The van der Waals surface area contributed by atoms with Crippen molar-refractivity contribution in [2.45, 2.75) is 51.2 Å². The van der Waals surface area contributed by atoms with Crippen molar-refractivity contribution in [3.63, 3.8) is 0 Å². The van der Waals surface area contributed by atoms with Gasteiger partial charge in [-0.1, -0.05) is 0 Å². The number of hydrogen-bond acceptors (Lipinski definition) is 4. The van der Waals surface area contributed by atoms with Crippen LogP contribution in [0.25, 0.3) is 0 Å². The molecule has 0 amide bonds. The fraction of sp³-hybridized carbons (Fsp3) is 0.647. The smallest absolute Gasteiger partial charge is 0.168 e. The van der Waals surface area contributed by atoms with Crippen LogP contribution < -0.4 is 19.5 Å². The van der Waals surface area contributed by atoms with Gasteiger partial charge in [-0.25, -0.2) is 0 Å². The van der Waals surface area contributed by atoms with E-state index in [1.807, 2.05) is 0 Å². The number of hydrogen-bond donors (Lipinski definition) is 1. The third-order valence-corrected chi connectivity index (χ3v) is 4.89. The minimum atomic E-state index is 0.224. The molecule has 0 aromatic heterocycles. The molecule has 114 valence electrons. The van der Waals surface area contributed by atoms with Gasteiger partial charge < -0.3 is 19.5 Å². The average Bonchev–Trinajstić information content (AvgIpc) is 3.14. The fourth-order valence-electron chi connectivity index (χ4n) is 4.06. The molecule has 1 aromatic rings. The molecular formula is C17H23NO3. The van der Waals surface area contributed by atoms with Gasteiger partial charge in [0.15, 0.2) is 11.5 Å². The van der Waals surface area contributed by atoms with Gasteiger partial charge in [-0.15, -0.1) is 0 Å². The molecule has 0 spiro atoms. The summed E-state index contributed by atoms with van der Waals surface area (Å²) in [6.45, 7) is 6.39. The third-order valence-electron chi connectivity index (χ3n) is 4.89. The van der Waals surface area contributed by atoms with E-state index in [2.05, 4.69) is 19.2 Å². The summed E-state index contributed by atoms with van der Waals surface area (Å²) in [6.07, 6.45) is 3.50. The molecule has 3 aliphatic heterocycles. The van der Waals surface area contributed by atoms with Gasteiger partial charge in [0.25, 0.3) is 0 Å². The number of fused-ring (bicyclic) bond motifs is 2. The van der Waals surface area contributed by atoms with Gasteiger partial charge in [0, 0.05) is 42.0 Å². The van der Waals surface area contributed by atoms with Crippen molar-refractivity contribution in [3.8, 4) is 17.2 Å². The number of nitrogens with one attached hydrogen (secondary N) is 1. The number of methoxy groups -OCH3 is 1. The molecule has 1 aromatic carbocycles. The largest absolute Gasteiger partial charge is 0.492 e. The molecule has 1 N–H and O–H groups in total. The molecular weight excluding hydrogens is 266 g/mol. The molecule has 3 aliphatic rings. The Bertz CT molecular complexity index is 539. The van der Waals surface area contributed by atoms with Crippen molar-refractivity contribution >= 4 is 0 Å². The molecule has 4 nitrogen and oxygen atoms in total. The summed E-state index contributed by atoms with van der Waals surface area (Å²) >= 11 is 0. The first kappa shape index (κ1) is 13.3. The molecule has 0 saturated carbocycles. The number of rotatable bonds is 2. The highest BCUT2D eigenvalue weighted by molar-refractivity contribution is 5.67. The highest BCUT2D eigenvalue weighted by Gasteiger charge is 2.39. The zero-order valence-electron chi connectivity index (χ0n) is 13.0. The molecule has 3 atom stereocenters. The summed E-state index contributed by atoms with van der Waals surface area (Å²) in [5.74, 6) is 3.51. The first-order chi connectivity index (χ1) is 10.2. The molecule has 4 heteroatoms. The Balaban J connectivity index is 1.93. The average molecular weight is 289 g/mol. The van der Waals surface area contributed by atoms with E-state index in [0.717, 1.165) is 43.2 Å². The van der Waals surface area contributed by atoms with Crippen LogP contribution in [0.4, 0.5) is 0 Å². The van der Waals surface area contributed by atoms with Crippen LogP contribution in [0.5, 0.6) is 17.2 Å². The van der Waals surface area contributed by atoms with E-state index < -0.39 is 0 Å². The van der Waals surface area contributed by atoms with E-state index in [1.54, 1.807) is 7.11 Å². The molecule has 0 bridgehead atoms. The second kappa shape index (κ2) is 4.80. The Morgan fingerprint density at radius 3 is 2.43 bits per heavy atom. The fourth-order valence-corrected chi connectivity index (χ4v) is 4.06. The summed E-state index contributed by atoms with van der Waals surface area (Å²) in [5, 5.41) is 3.48. The highest BCUT2D eigenvalue weighted by Crippen LogP contribution is 2.53. The van der Waals surface area contributed by atoms with Crippen LogP contribution in [0.3, 0.4) is 0 Å². The molecule has 0 radical (unpaired) electrons. The Kier molecular flexibility index (Phi) is 3.03. The second-order valence-corrected chi connectivity index (χ2v) is 6.52. The Hall–Kier alpha value is -1.42. The summed E-state index contributed by atoms with van der Waals surface area (Å²) in [4.78, 5) is 0. The summed E-state index contributed by atoms with van der Waals surface area (Å²) in [7, 11) is 1.74. The lowest BCUT2D eigenvalue weighted by Gasteiger charge is -2.20. The lowest BCUT2D eigenvalue weighted by molar-refractivity contribution is 0.242. The first-order valence-corrected chi connectivity index (χ1v) is 7.98. The SMILES string of the molecule is COc1c2c(c(C3CCNC3)c3c1OC(C)C3)OC(C)C2. The minimum absolute atomic E-state index is 0.224. The Morgan fingerprint density at radius 1 is 1.05 bits per heavy atom. The van der Waals surface area contributed by atoms with E-state index in [4.69, 9.17) is 14.2 Å². The van der Waals surface area contributed by atoms with Gasteiger partial charge >= 0.3 is 0 Å². The summed E-state index contributed by atoms with van der Waals surface area (Å²) in [5.41, 5.74) is 3.92. The zero-order valence-corrected chi connectivity index (χ0v) is 13.0. The zero-order chi connectivity index (χ0) is 14.6. The van der Waals surface area contributed by atoms with Gasteiger partial charge in [0.2, 0.25) is 0 Å². The maximum Gasteiger partial charge on any atom is 0.168 e. The molecule has 4 rings (SSSR count). The van der Waals surface area contributed by atoms with Crippen LogP contribution >= 0.6 is 0 Å². The van der Waals surface area contributed by atoms with E-state index in [-0.39, 0.29) is 12.2 Å². The highest BCUT2D eigenvalue weighted by atomic mass is 16.5. The quantitative estimate of drug-likeness (QED) is 0.907. The summed E-state index contributed by atoms with van der Waals surface area (Å²) < 4.78 is 18.0. The lowest BCUT2D eigenvalue weighted by atomic mass is 9.88. The van der Waals surface area contributed by atoms with Crippen LogP contribution in [-0.2, 0) is 12.8 Å². The van der Waals surface area contributed by atoms with Crippen molar-refractivity contribution in [3.05, 3.63) is 16.7 Å². The van der Waals surface area contributed by atoms with Crippen molar-refractivity contribution in [1.29, 1.82) is 0 Å². The van der Waals surface area contributed by atoms with Crippen LogP contribution in [0.15, 0.2) is 0 Å². The van der Waals surface area contributed by atoms with E-state index in [0.29, 0.717) is 5.92 Å². The van der Waals surface area contributed by atoms with Crippen LogP contribution in [0, 0.1) is 0 Å². The standard InChI is InChI=1S/C17H23NO3/c1-9-6-12-14(11-4-5-18-8-11)15-13(7-10(2)20-15)16(19-3)17(12)21-9/h9-11,18H,4-8H2,1-3H3. The van der Waals surface area contributed by atoms with Crippen molar-refractivity contribution < 1.29 is 14.2 Å². The van der Waals surface area contributed by atoms with E-state index in [9.17, 15) is 0 Å². The van der Waals surface area contributed by atoms with Gasteiger partial charge in [-0.2, -0.15) is 0 Å². The van der Waals surface area contributed by atoms with Gasteiger partial charge in [0.1, 0.15) is 18.0 Å². The summed E-state index contributed by atoms with van der Waals surface area (Å²) in [6, 6.07) is 0. The maximum absolute atomic E-state index is 6.19. The van der Waals surface area contributed by atoms with Gasteiger partial charge in [-0.3, -0.25) is 0 Å². The normalized spacial score (nSPS) is 29.8. The Morgan fingerprint density at radius 2 is 1.76 bits per heavy atom. The number of ether oxygens (including phenoxy) is 3. The molecule has 3 heterocycles. The molecule has 21 heavy (non-hydrogen) atoms. The molecule has 1 fully saturated rings. The van der Waals surface area contributed by atoms with Crippen molar-refractivity contribution in [2.24, 2.45) is 0 Å². The number of benzene rings is 1. The Labute approximate surface area is 125 Å². The predicted octanol–water partition coefficient (Wildman–Crippen LogP) is 2.42. The van der Waals surface area contributed by atoms with Crippen LogP contribution in [0.2, 0.25) is 0 Å².